The average molecular weight is 505 g/mol. The number of alkyl carbamates (subject to hydrolysis) is 1. The second-order valence-electron chi connectivity index (χ2n) is 12.5. The van der Waals surface area contributed by atoms with E-state index in [9.17, 15) is 9.59 Å². The Morgan fingerprint density at radius 1 is 1.24 bits per heavy atom. The molecule has 2 saturated heterocycles. The molecule has 4 saturated carbocycles. The van der Waals surface area contributed by atoms with Gasteiger partial charge in [0.2, 0.25) is 5.91 Å². The number of amides is 2. The second-order valence-corrected chi connectivity index (χ2v) is 12.5. The maximum absolute atomic E-state index is 13.0. The first-order valence-corrected chi connectivity index (χ1v) is 13.7. The highest BCUT2D eigenvalue weighted by Crippen LogP contribution is 2.65. The maximum atomic E-state index is 13.0. The number of nitrogens with one attached hydrogen (secondary N) is 1. The third kappa shape index (κ3) is 4.22. The van der Waals surface area contributed by atoms with E-state index in [4.69, 9.17) is 19.3 Å². The third-order valence-electron chi connectivity index (χ3n) is 10.1. The Morgan fingerprint density at radius 2 is 2.03 bits per heavy atom. The molecule has 0 aromatic heterocycles. The van der Waals surface area contributed by atoms with Crippen LogP contribution in [0.2, 0.25) is 0 Å². The first-order valence-electron chi connectivity index (χ1n) is 13.7. The van der Waals surface area contributed by atoms with Gasteiger partial charge in [0.05, 0.1) is 29.8 Å². The molecule has 2 aliphatic heterocycles. The third-order valence-corrected chi connectivity index (χ3v) is 10.1. The van der Waals surface area contributed by atoms with Crippen LogP contribution in [0.5, 0.6) is 0 Å². The van der Waals surface area contributed by atoms with E-state index in [0.717, 1.165) is 18.4 Å². The van der Waals surface area contributed by atoms with Crippen LogP contribution in [-0.2, 0) is 25.3 Å². The molecule has 0 radical (unpaired) electrons. The maximum Gasteiger partial charge on any atom is 0.482 e. The lowest BCUT2D eigenvalue weighted by atomic mass is 9.43. The van der Waals surface area contributed by atoms with Gasteiger partial charge in [-0.25, -0.2) is 4.79 Å². The molecule has 196 valence electrons. The Bertz CT molecular complexity index is 1110. The second kappa shape index (κ2) is 9.02. The SMILES string of the molecule is CC1(C)[C@@H]2C[C@H]3OB([C@H](Cc4ccccc4)NC(=O)OC[C@H]4[C@@H]5C[C@@H]5CN4C(=O)CC#N)O[C@@]3(C)[C@H]1C2. The lowest BCUT2D eigenvalue weighted by molar-refractivity contribution is -0.199. The summed E-state index contributed by atoms with van der Waals surface area (Å²) in [5.74, 6) is 1.30. The van der Waals surface area contributed by atoms with Gasteiger partial charge in [-0.2, -0.15) is 5.26 Å². The van der Waals surface area contributed by atoms with Gasteiger partial charge in [0, 0.05) is 6.54 Å². The van der Waals surface area contributed by atoms with Crippen molar-refractivity contribution in [3.05, 3.63) is 35.9 Å². The van der Waals surface area contributed by atoms with E-state index < -0.39 is 19.2 Å². The van der Waals surface area contributed by atoms with Gasteiger partial charge in [0.15, 0.2) is 0 Å². The predicted molar refractivity (Wildman–Crippen MR) is 136 cm³/mol. The van der Waals surface area contributed by atoms with E-state index in [1.54, 1.807) is 4.90 Å². The minimum atomic E-state index is -0.564. The Labute approximate surface area is 219 Å². The fourth-order valence-electron chi connectivity index (χ4n) is 7.75. The summed E-state index contributed by atoms with van der Waals surface area (Å²) in [6.45, 7) is 7.63. The molecule has 0 spiro atoms. The van der Waals surface area contributed by atoms with E-state index in [1.807, 2.05) is 36.4 Å². The van der Waals surface area contributed by atoms with Crippen LogP contribution in [0.25, 0.3) is 0 Å². The lowest BCUT2D eigenvalue weighted by Gasteiger charge is -2.64. The van der Waals surface area contributed by atoms with E-state index in [1.165, 1.54) is 6.42 Å². The van der Waals surface area contributed by atoms with Crippen LogP contribution in [0.15, 0.2) is 30.3 Å². The van der Waals surface area contributed by atoms with Crippen molar-refractivity contribution in [2.75, 3.05) is 13.2 Å². The van der Waals surface area contributed by atoms with E-state index in [0.29, 0.717) is 36.6 Å². The number of rotatable bonds is 7. The van der Waals surface area contributed by atoms with Crippen LogP contribution in [0, 0.1) is 40.4 Å². The summed E-state index contributed by atoms with van der Waals surface area (Å²) in [5, 5.41) is 12.0. The van der Waals surface area contributed by atoms with Crippen LogP contribution >= 0.6 is 0 Å². The van der Waals surface area contributed by atoms with E-state index in [2.05, 4.69) is 26.1 Å². The van der Waals surface area contributed by atoms with Gasteiger partial charge < -0.3 is 24.3 Å². The smallest absolute Gasteiger partial charge is 0.447 e. The van der Waals surface area contributed by atoms with Gasteiger partial charge in [0.1, 0.15) is 13.0 Å². The van der Waals surface area contributed by atoms with Gasteiger partial charge in [-0.15, -0.1) is 0 Å². The molecule has 9 heteroatoms. The van der Waals surface area contributed by atoms with Gasteiger partial charge in [0.25, 0.3) is 0 Å². The minimum Gasteiger partial charge on any atom is -0.447 e. The van der Waals surface area contributed by atoms with Crippen molar-refractivity contribution < 1.29 is 23.6 Å². The summed E-state index contributed by atoms with van der Waals surface area (Å²) in [4.78, 5) is 27.1. The largest absolute Gasteiger partial charge is 0.482 e. The number of benzene rings is 1. The average Bonchev–Trinajstić information content (AvgIpc) is 3.39. The zero-order valence-corrected chi connectivity index (χ0v) is 21.9. The molecule has 7 rings (SSSR count). The molecule has 2 amide bonds. The number of fused-ring (bicyclic) bond motifs is 1. The summed E-state index contributed by atoms with van der Waals surface area (Å²) < 4.78 is 18.9. The molecule has 1 N–H and O–H groups in total. The summed E-state index contributed by atoms with van der Waals surface area (Å²) in [5.41, 5.74) is 0.951. The summed E-state index contributed by atoms with van der Waals surface area (Å²) in [6, 6.07) is 11.8. The fraction of sp³-hybridized carbons (Fsp3) is 0.679. The van der Waals surface area contributed by atoms with Crippen molar-refractivity contribution >= 4 is 19.1 Å². The topological polar surface area (TPSA) is 101 Å². The summed E-state index contributed by atoms with van der Waals surface area (Å²) in [6.07, 6.45) is 3.10. The number of carbonyl (C=O) groups is 2. The number of hydrogen-bond acceptors (Lipinski definition) is 6. The van der Waals surface area contributed by atoms with Gasteiger partial charge in [-0.3, -0.25) is 4.79 Å². The van der Waals surface area contributed by atoms with Crippen molar-refractivity contribution in [2.45, 2.75) is 76.6 Å². The normalized spacial score (nSPS) is 37.0. The zero-order chi connectivity index (χ0) is 25.9. The van der Waals surface area contributed by atoms with Crippen LogP contribution in [0.3, 0.4) is 0 Å². The van der Waals surface area contributed by atoms with Crippen molar-refractivity contribution in [2.24, 2.45) is 29.1 Å². The number of nitriles is 1. The van der Waals surface area contributed by atoms with E-state index in [-0.39, 0.29) is 42.1 Å². The molecule has 2 bridgehead atoms. The standard InChI is InChI=1S/C28H36BN3O5/c1-27(2)19-13-22(27)28(3)23(14-19)36-29(37-28)24(11-17-7-5-4-6-8-17)31-26(34)35-16-21-20-12-18(20)15-32(21)25(33)9-10-30/h4-8,18-24H,9,11-16H2,1-3H3,(H,31,34)/t18-,19+,20-,21+,22+,23-,24+,28+/m1/s1. The molecule has 1 aromatic rings. The number of ether oxygens (including phenoxy) is 1. The fourth-order valence-corrected chi connectivity index (χ4v) is 7.75. The van der Waals surface area contributed by atoms with Crippen LogP contribution in [-0.4, -0.2) is 60.9 Å². The van der Waals surface area contributed by atoms with Crippen molar-refractivity contribution in [1.82, 2.24) is 10.2 Å². The molecule has 37 heavy (non-hydrogen) atoms. The van der Waals surface area contributed by atoms with Gasteiger partial charge in [-0.05, 0) is 67.3 Å². The zero-order valence-electron chi connectivity index (χ0n) is 21.9. The monoisotopic (exact) mass is 505 g/mol. The quantitative estimate of drug-likeness (QED) is 0.571. The summed E-state index contributed by atoms with van der Waals surface area (Å²) in [7, 11) is -0.564. The Morgan fingerprint density at radius 3 is 2.76 bits per heavy atom. The number of carbonyl (C=O) groups excluding carboxylic acids is 2. The lowest BCUT2D eigenvalue weighted by Crippen LogP contribution is -2.65. The summed E-state index contributed by atoms with van der Waals surface area (Å²) >= 11 is 0. The molecule has 2 heterocycles. The minimum absolute atomic E-state index is 0.0235. The number of likely N-dealkylation sites (tertiary alicyclic amines) is 1. The molecule has 6 fully saturated rings. The highest BCUT2D eigenvalue weighted by molar-refractivity contribution is 6.47. The molecule has 8 atom stereocenters. The van der Waals surface area contributed by atoms with Gasteiger partial charge >= 0.3 is 13.2 Å². The molecule has 1 aromatic carbocycles. The van der Waals surface area contributed by atoms with Gasteiger partial charge in [-0.1, -0.05) is 44.2 Å². The van der Waals surface area contributed by atoms with Crippen LogP contribution in [0.1, 0.15) is 52.0 Å². The number of piperidine rings is 1. The molecular formula is C28H36BN3O5. The number of nitrogens with zero attached hydrogens (tertiary/aromatic N) is 2. The Hall–Kier alpha value is -2.57. The van der Waals surface area contributed by atoms with Crippen LogP contribution < -0.4 is 5.32 Å². The molecule has 8 nitrogen and oxygen atoms in total. The first-order chi connectivity index (χ1) is 17.7. The highest BCUT2D eigenvalue weighted by Gasteiger charge is 2.68. The Balaban J connectivity index is 1.13. The molecular weight excluding hydrogens is 469 g/mol. The first kappa shape index (κ1) is 24.8. The van der Waals surface area contributed by atoms with Crippen molar-refractivity contribution in [3.8, 4) is 6.07 Å². The van der Waals surface area contributed by atoms with Crippen LogP contribution in [0.4, 0.5) is 4.79 Å². The van der Waals surface area contributed by atoms with Crippen molar-refractivity contribution in [1.29, 1.82) is 5.26 Å². The molecule has 6 aliphatic rings. The molecule has 0 unspecified atom stereocenters. The predicted octanol–water partition coefficient (Wildman–Crippen LogP) is 3.35. The molecule has 4 aliphatic carbocycles. The Kier molecular flexibility index (Phi) is 6.04. The van der Waals surface area contributed by atoms with Crippen molar-refractivity contribution in [3.63, 3.8) is 0 Å². The van der Waals surface area contributed by atoms with E-state index >= 15 is 0 Å². The number of hydrogen-bond donors (Lipinski definition) is 1. The highest BCUT2D eigenvalue weighted by atomic mass is 16.7.